The molecule has 0 fully saturated rings. The number of rotatable bonds is 8. The molecule has 1 heterocycles. The van der Waals surface area contributed by atoms with Gasteiger partial charge in [0.1, 0.15) is 17.6 Å². The summed E-state index contributed by atoms with van der Waals surface area (Å²) in [5.74, 6) is 2.29. The van der Waals surface area contributed by atoms with Crippen molar-refractivity contribution in [2.75, 3.05) is 13.6 Å². The second-order valence-electron chi connectivity index (χ2n) is 5.90. The Balaban J connectivity index is 0.00000364. The van der Waals surface area contributed by atoms with E-state index in [-0.39, 0.29) is 30.1 Å². The Morgan fingerprint density at radius 2 is 2.00 bits per heavy atom. The number of hydrogen-bond acceptors (Lipinski definition) is 4. The van der Waals surface area contributed by atoms with Crippen molar-refractivity contribution in [1.29, 1.82) is 0 Å². The lowest BCUT2D eigenvalue weighted by Crippen LogP contribution is -2.41. The molecule has 8 heteroatoms. The third-order valence-electron chi connectivity index (χ3n) is 3.98. The molecule has 0 aliphatic heterocycles. The van der Waals surface area contributed by atoms with Gasteiger partial charge in [-0.15, -0.1) is 24.0 Å². The number of aryl methyl sites for hydroxylation is 2. The minimum atomic E-state index is -0.0681. The van der Waals surface area contributed by atoms with E-state index in [2.05, 4.69) is 34.6 Å². The second kappa shape index (κ2) is 12.1. The van der Waals surface area contributed by atoms with E-state index in [1.165, 1.54) is 0 Å². The highest BCUT2D eigenvalue weighted by Gasteiger charge is 2.14. The van der Waals surface area contributed by atoms with Gasteiger partial charge in [-0.1, -0.05) is 42.7 Å². The van der Waals surface area contributed by atoms with E-state index in [1.54, 1.807) is 7.05 Å². The summed E-state index contributed by atoms with van der Waals surface area (Å²) in [5.41, 5.74) is 2.10. The Morgan fingerprint density at radius 3 is 2.63 bits per heavy atom. The number of nitrogens with one attached hydrogen (secondary N) is 2. The fourth-order valence-corrected chi connectivity index (χ4v) is 2.75. The van der Waals surface area contributed by atoms with Crippen LogP contribution >= 0.6 is 35.6 Å². The standard InChI is InChI=1S/C19H27ClN4O2.HI/c1-5-16-14(17(6-2)26-24-16)12-23-19(21-4)22-11-13(3)25-18-10-8-7-9-15(18)20;/h7-10,13H,5-6,11-12H2,1-4H3,(H2,21,22,23);1H. The topological polar surface area (TPSA) is 71.7 Å². The SMILES string of the molecule is CCc1noc(CC)c1CNC(=NC)NCC(C)Oc1ccccc1Cl.I. The highest BCUT2D eigenvalue weighted by atomic mass is 127. The zero-order valence-electron chi connectivity index (χ0n) is 16.2. The second-order valence-corrected chi connectivity index (χ2v) is 6.31. The van der Waals surface area contributed by atoms with Crippen LogP contribution in [0.25, 0.3) is 0 Å². The minimum Gasteiger partial charge on any atom is -0.487 e. The van der Waals surface area contributed by atoms with Crippen LogP contribution < -0.4 is 15.4 Å². The van der Waals surface area contributed by atoms with Gasteiger partial charge in [0.2, 0.25) is 0 Å². The fourth-order valence-electron chi connectivity index (χ4n) is 2.57. The zero-order valence-corrected chi connectivity index (χ0v) is 19.3. The van der Waals surface area contributed by atoms with Crippen LogP contribution in [0.1, 0.15) is 37.8 Å². The summed E-state index contributed by atoms with van der Waals surface area (Å²) in [6.45, 7) is 7.32. The molecule has 0 radical (unpaired) electrons. The molecule has 1 atom stereocenters. The van der Waals surface area contributed by atoms with E-state index in [9.17, 15) is 0 Å². The molecule has 0 saturated carbocycles. The maximum atomic E-state index is 6.13. The maximum Gasteiger partial charge on any atom is 0.191 e. The molecule has 0 spiro atoms. The monoisotopic (exact) mass is 506 g/mol. The summed E-state index contributed by atoms with van der Waals surface area (Å²) < 4.78 is 11.3. The van der Waals surface area contributed by atoms with Crippen LogP contribution in [0.4, 0.5) is 0 Å². The Kier molecular flexibility index (Phi) is 10.5. The molecule has 1 aromatic carbocycles. The molecular formula is C19H28ClIN4O2. The molecular weight excluding hydrogens is 479 g/mol. The summed E-state index contributed by atoms with van der Waals surface area (Å²) in [4.78, 5) is 4.26. The number of aromatic nitrogens is 1. The molecule has 0 aliphatic rings. The molecule has 2 aromatic rings. The van der Waals surface area contributed by atoms with Gasteiger partial charge in [0.15, 0.2) is 5.96 Å². The molecule has 0 saturated heterocycles. The van der Waals surface area contributed by atoms with Crippen molar-refractivity contribution >= 4 is 41.5 Å². The number of halogens is 2. The number of hydrogen-bond donors (Lipinski definition) is 2. The number of nitrogens with zero attached hydrogens (tertiary/aromatic N) is 2. The Morgan fingerprint density at radius 1 is 1.26 bits per heavy atom. The predicted octanol–water partition coefficient (Wildman–Crippen LogP) is 4.20. The van der Waals surface area contributed by atoms with Gasteiger partial charge in [0.25, 0.3) is 0 Å². The van der Waals surface area contributed by atoms with E-state index in [0.717, 1.165) is 29.9 Å². The average Bonchev–Trinajstić information content (AvgIpc) is 3.05. The molecule has 6 nitrogen and oxygen atoms in total. The third-order valence-corrected chi connectivity index (χ3v) is 4.30. The summed E-state index contributed by atoms with van der Waals surface area (Å²) in [7, 11) is 1.74. The molecule has 27 heavy (non-hydrogen) atoms. The van der Waals surface area contributed by atoms with Gasteiger partial charge in [-0.2, -0.15) is 0 Å². The fraction of sp³-hybridized carbons (Fsp3) is 0.474. The summed E-state index contributed by atoms with van der Waals surface area (Å²) in [6.07, 6.45) is 1.59. The van der Waals surface area contributed by atoms with Crippen molar-refractivity contribution in [3.8, 4) is 5.75 Å². The number of benzene rings is 1. The van der Waals surface area contributed by atoms with Gasteiger partial charge in [0.05, 0.1) is 17.3 Å². The van der Waals surface area contributed by atoms with E-state index in [1.807, 2.05) is 31.2 Å². The van der Waals surface area contributed by atoms with Crippen LogP contribution in [0.15, 0.2) is 33.8 Å². The normalized spacial score (nSPS) is 12.3. The lowest BCUT2D eigenvalue weighted by atomic mass is 10.1. The first-order chi connectivity index (χ1) is 12.6. The number of ether oxygens (including phenoxy) is 1. The summed E-state index contributed by atoms with van der Waals surface area (Å²) >= 11 is 6.13. The predicted molar refractivity (Wildman–Crippen MR) is 120 cm³/mol. The smallest absolute Gasteiger partial charge is 0.191 e. The molecule has 0 amide bonds. The highest BCUT2D eigenvalue weighted by molar-refractivity contribution is 14.0. The van der Waals surface area contributed by atoms with Crippen LogP contribution in [0.3, 0.4) is 0 Å². The molecule has 0 aliphatic carbocycles. The first-order valence-corrected chi connectivity index (χ1v) is 9.28. The van der Waals surface area contributed by atoms with Crippen LogP contribution in [0.5, 0.6) is 5.75 Å². The van der Waals surface area contributed by atoms with Gasteiger partial charge >= 0.3 is 0 Å². The van der Waals surface area contributed by atoms with Gasteiger partial charge in [0, 0.05) is 25.6 Å². The van der Waals surface area contributed by atoms with Crippen molar-refractivity contribution in [2.45, 2.75) is 46.3 Å². The molecule has 150 valence electrons. The lowest BCUT2D eigenvalue weighted by molar-refractivity contribution is 0.224. The largest absolute Gasteiger partial charge is 0.487 e. The summed E-state index contributed by atoms with van der Waals surface area (Å²) in [5, 5.41) is 11.3. The van der Waals surface area contributed by atoms with Crippen LogP contribution in [0.2, 0.25) is 5.02 Å². The number of aliphatic imine (C=N–C) groups is 1. The molecule has 2 rings (SSSR count). The van der Waals surface area contributed by atoms with Crippen molar-refractivity contribution < 1.29 is 9.26 Å². The highest BCUT2D eigenvalue weighted by Crippen LogP contribution is 2.24. The van der Waals surface area contributed by atoms with E-state index in [4.69, 9.17) is 20.9 Å². The van der Waals surface area contributed by atoms with Gasteiger partial charge < -0.3 is 19.9 Å². The first-order valence-electron chi connectivity index (χ1n) is 8.90. The Bertz CT molecular complexity index is 715. The number of para-hydroxylation sites is 1. The maximum absolute atomic E-state index is 6.13. The van der Waals surface area contributed by atoms with Crippen molar-refractivity contribution in [2.24, 2.45) is 4.99 Å². The summed E-state index contributed by atoms with van der Waals surface area (Å²) in [6, 6.07) is 7.45. The van der Waals surface area contributed by atoms with Gasteiger partial charge in [-0.3, -0.25) is 4.99 Å². The lowest BCUT2D eigenvalue weighted by Gasteiger charge is -2.18. The Hall–Kier alpha value is -1.48. The molecule has 2 N–H and O–H groups in total. The van der Waals surface area contributed by atoms with Gasteiger partial charge in [-0.25, -0.2) is 0 Å². The van der Waals surface area contributed by atoms with Gasteiger partial charge in [-0.05, 0) is 25.5 Å². The quantitative estimate of drug-likeness (QED) is 0.319. The molecule has 1 aromatic heterocycles. The van der Waals surface area contributed by atoms with E-state index >= 15 is 0 Å². The van der Waals surface area contributed by atoms with Crippen LogP contribution in [-0.2, 0) is 19.4 Å². The minimum absolute atomic E-state index is 0. The van der Waals surface area contributed by atoms with Crippen LogP contribution in [0, 0.1) is 0 Å². The Labute approximate surface area is 183 Å². The zero-order chi connectivity index (χ0) is 18.9. The molecule has 1 unspecified atom stereocenters. The van der Waals surface area contributed by atoms with Crippen molar-refractivity contribution in [3.05, 3.63) is 46.3 Å². The third kappa shape index (κ3) is 6.88. The number of guanidine groups is 1. The first kappa shape index (κ1) is 23.6. The molecule has 0 bridgehead atoms. The van der Waals surface area contributed by atoms with Crippen molar-refractivity contribution in [3.63, 3.8) is 0 Å². The van der Waals surface area contributed by atoms with E-state index < -0.39 is 0 Å². The average molecular weight is 507 g/mol. The van der Waals surface area contributed by atoms with Crippen molar-refractivity contribution in [1.82, 2.24) is 15.8 Å². The van der Waals surface area contributed by atoms with E-state index in [0.29, 0.717) is 29.8 Å². The van der Waals surface area contributed by atoms with Crippen LogP contribution in [-0.4, -0.2) is 30.8 Å².